The molecule has 6 nitrogen and oxygen atoms in total. The molecule has 0 atom stereocenters. The van der Waals surface area contributed by atoms with Crippen LogP contribution in [-0.4, -0.2) is 17.9 Å². The second-order valence-corrected chi connectivity index (χ2v) is 8.98. The molecule has 37 heavy (non-hydrogen) atoms. The molecule has 0 radical (unpaired) electrons. The van der Waals surface area contributed by atoms with Crippen LogP contribution in [0.2, 0.25) is 0 Å². The summed E-state index contributed by atoms with van der Waals surface area (Å²) in [6.07, 6.45) is 1.79. The number of fused-ring (bicyclic) bond motifs is 1. The van der Waals surface area contributed by atoms with Crippen LogP contribution in [0.1, 0.15) is 21.5 Å². The Kier molecular flexibility index (Phi) is 7.10. The first-order valence-corrected chi connectivity index (χ1v) is 12.2. The molecule has 4 aromatic carbocycles. The molecule has 0 saturated carbocycles. The lowest BCUT2D eigenvalue weighted by atomic mass is 10.1. The average Bonchev–Trinajstić information content (AvgIpc) is 2.90. The second-order valence-electron chi connectivity index (χ2n) is 8.98. The van der Waals surface area contributed by atoms with Crippen LogP contribution in [0.4, 0.5) is 28.4 Å². The molecule has 1 amide bonds. The lowest BCUT2D eigenvalue weighted by molar-refractivity contribution is 0.102. The standard InChI is InChI=1S/C31H29N5O/c1-21-6-3-8-24(16-21)34-26-10-5-11-27(19-26)36-31(37)23-7-4-9-25(18-23)35-30-14-15-33-29-13-12-22(20-32-2)17-28(29)30/h3-19,32,34H,20H2,1-2H3,(H,33,35)(H,36,37). The summed E-state index contributed by atoms with van der Waals surface area (Å²) in [4.78, 5) is 17.6. The highest BCUT2D eigenvalue weighted by Crippen LogP contribution is 2.27. The van der Waals surface area contributed by atoms with Crippen molar-refractivity contribution in [3.63, 3.8) is 0 Å². The molecule has 0 bridgehead atoms. The van der Waals surface area contributed by atoms with Crippen LogP contribution >= 0.6 is 0 Å². The van der Waals surface area contributed by atoms with Crippen LogP contribution in [0.5, 0.6) is 0 Å². The predicted octanol–water partition coefficient (Wildman–Crippen LogP) is 7.00. The van der Waals surface area contributed by atoms with Crippen molar-refractivity contribution in [3.05, 3.63) is 120 Å². The Bertz CT molecular complexity index is 1560. The van der Waals surface area contributed by atoms with Crippen molar-refractivity contribution in [2.75, 3.05) is 23.0 Å². The Labute approximate surface area is 216 Å². The molecule has 1 aromatic heterocycles. The van der Waals surface area contributed by atoms with Crippen molar-refractivity contribution in [2.45, 2.75) is 13.5 Å². The molecule has 5 rings (SSSR count). The monoisotopic (exact) mass is 487 g/mol. The third kappa shape index (κ3) is 5.94. The van der Waals surface area contributed by atoms with Crippen LogP contribution in [0.25, 0.3) is 10.9 Å². The number of amides is 1. The molecular weight excluding hydrogens is 458 g/mol. The van der Waals surface area contributed by atoms with E-state index in [4.69, 9.17) is 0 Å². The number of aromatic nitrogens is 1. The normalized spacial score (nSPS) is 10.8. The van der Waals surface area contributed by atoms with Crippen molar-refractivity contribution < 1.29 is 4.79 Å². The molecule has 4 N–H and O–H groups in total. The fourth-order valence-electron chi connectivity index (χ4n) is 4.28. The fraction of sp³-hybridized carbons (Fsp3) is 0.0968. The Morgan fingerprint density at radius 1 is 0.757 bits per heavy atom. The van der Waals surface area contributed by atoms with Gasteiger partial charge in [-0.2, -0.15) is 0 Å². The Hall–Kier alpha value is -4.68. The number of carbonyl (C=O) groups excluding carboxylic acids is 1. The summed E-state index contributed by atoms with van der Waals surface area (Å²) in [5, 5.41) is 14.1. The number of benzene rings is 4. The number of pyridine rings is 1. The third-order valence-electron chi connectivity index (χ3n) is 6.02. The van der Waals surface area contributed by atoms with Gasteiger partial charge in [-0.3, -0.25) is 9.78 Å². The Balaban J connectivity index is 1.32. The molecule has 5 aromatic rings. The van der Waals surface area contributed by atoms with Crippen LogP contribution in [0.15, 0.2) is 103 Å². The smallest absolute Gasteiger partial charge is 0.255 e. The maximum atomic E-state index is 13.1. The molecule has 0 spiro atoms. The average molecular weight is 488 g/mol. The number of hydrogen-bond donors (Lipinski definition) is 4. The van der Waals surface area contributed by atoms with Crippen LogP contribution < -0.4 is 21.3 Å². The van der Waals surface area contributed by atoms with E-state index >= 15 is 0 Å². The molecule has 184 valence electrons. The van der Waals surface area contributed by atoms with Gasteiger partial charge < -0.3 is 21.3 Å². The lowest BCUT2D eigenvalue weighted by Crippen LogP contribution is -2.12. The highest BCUT2D eigenvalue weighted by molar-refractivity contribution is 6.05. The molecule has 6 heteroatoms. The largest absolute Gasteiger partial charge is 0.355 e. The summed E-state index contributed by atoms with van der Waals surface area (Å²) in [5.41, 5.74) is 8.24. The molecular formula is C31H29N5O. The van der Waals surface area contributed by atoms with Gasteiger partial charge in [0.15, 0.2) is 0 Å². The Morgan fingerprint density at radius 3 is 2.30 bits per heavy atom. The zero-order chi connectivity index (χ0) is 25.6. The molecule has 0 fully saturated rings. The van der Waals surface area contributed by atoms with E-state index in [1.54, 1.807) is 6.20 Å². The minimum Gasteiger partial charge on any atom is -0.355 e. The van der Waals surface area contributed by atoms with Gasteiger partial charge in [-0.1, -0.05) is 30.3 Å². The van der Waals surface area contributed by atoms with E-state index in [2.05, 4.69) is 57.4 Å². The number of nitrogens with one attached hydrogen (secondary N) is 4. The number of anilines is 5. The summed E-state index contributed by atoms with van der Waals surface area (Å²) >= 11 is 0. The van der Waals surface area contributed by atoms with Crippen molar-refractivity contribution in [1.82, 2.24) is 10.3 Å². The van der Waals surface area contributed by atoms with E-state index < -0.39 is 0 Å². The first-order chi connectivity index (χ1) is 18.1. The quantitative estimate of drug-likeness (QED) is 0.189. The van der Waals surface area contributed by atoms with Gasteiger partial charge in [-0.25, -0.2) is 0 Å². The molecule has 0 saturated heterocycles. The maximum Gasteiger partial charge on any atom is 0.255 e. The van der Waals surface area contributed by atoms with E-state index in [9.17, 15) is 4.79 Å². The zero-order valence-electron chi connectivity index (χ0n) is 20.9. The van der Waals surface area contributed by atoms with E-state index in [0.29, 0.717) is 5.56 Å². The topological polar surface area (TPSA) is 78.1 Å². The van der Waals surface area contributed by atoms with E-state index in [0.717, 1.165) is 45.9 Å². The van der Waals surface area contributed by atoms with Crippen LogP contribution in [0, 0.1) is 6.92 Å². The summed E-state index contributed by atoms with van der Waals surface area (Å²) < 4.78 is 0. The molecule has 0 unspecified atom stereocenters. The summed E-state index contributed by atoms with van der Waals surface area (Å²) in [6.45, 7) is 2.84. The van der Waals surface area contributed by atoms with Crippen molar-refractivity contribution in [2.24, 2.45) is 0 Å². The van der Waals surface area contributed by atoms with Gasteiger partial charge in [0.05, 0.1) is 5.52 Å². The first-order valence-electron chi connectivity index (χ1n) is 12.2. The highest BCUT2D eigenvalue weighted by atomic mass is 16.1. The lowest BCUT2D eigenvalue weighted by Gasteiger charge is -2.13. The number of aryl methyl sites for hydroxylation is 1. The summed E-state index contributed by atoms with van der Waals surface area (Å²) in [5.74, 6) is -0.174. The summed E-state index contributed by atoms with van der Waals surface area (Å²) in [6, 6.07) is 31.6. The SMILES string of the molecule is CNCc1ccc2nccc(Nc3cccc(C(=O)Nc4cccc(Nc5cccc(C)c5)c4)c3)c2c1. The molecule has 0 aliphatic rings. The van der Waals surface area contributed by atoms with Crippen LogP contribution in [-0.2, 0) is 6.54 Å². The zero-order valence-corrected chi connectivity index (χ0v) is 20.9. The first kappa shape index (κ1) is 24.0. The highest BCUT2D eigenvalue weighted by Gasteiger charge is 2.09. The van der Waals surface area contributed by atoms with Gasteiger partial charge in [-0.05, 0) is 91.8 Å². The van der Waals surface area contributed by atoms with Crippen molar-refractivity contribution >= 4 is 45.2 Å². The van der Waals surface area contributed by atoms with Crippen molar-refractivity contribution in [3.8, 4) is 0 Å². The maximum absolute atomic E-state index is 13.1. The van der Waals surface area contributed by atoms with Gasteiger partial charge in [0.25, 0.3) is 5.91 Å². The Morgan fingerprint density at radius 2 is 1.49 bits per heavy atom. The minimum atomic E-state index is -0.174. The predicted molar refractivity (Wildman–Crippen MR) is 153 cm³/mol. The van der Waals surface area contributed by atoms with E-state index in [1.807, 2.05) is 79.8 Å². The van der Waals surface area contributed by atoms with Gasteiger partial charge >= 0.3 is 0 Å². The number of nitrogens with zero attached hydrogens (tertiary/aromatic N) is 1. The summed E-state index contributed by atoms with van der Waals surface area (Å²) in [7, 11) is 1.93. The third-order valence-corrected chi connectivity index (χ3v) is 6.02. The second kappa shape index (κ2) is 10.9. The molecule has 1 heterocycles. The van der Waals surface area contributed by atoms with Gasteiger partial charge in [0, 0.05) is 52.1 Å². The van der Waals surface area contributed by atoms with Gasteiger partial charge in [0.2, 0.25) is 0 Å². The number of carbonyl (C=O) groups is 1. The number of rotatable bonds is 8. The van der Waals surface area contributed by atoms with Crippen molar-refractivity contribution in [1.29, 1.82) is 0 Å². The minimum absolute atomic E-state index is 0.174. The molecule has 0 aliphatic carbocycles. The molecule has 0 aliphatic heterocycles. The van der Waals surface area contributed by atoms with Gasteiger partial charge in [0.1, 0.15) is 0 Å². The van der Waals surface area contributed by atoms with E-state index in [1.165, 1.54) is 11.1 Å². The van der Waals surface area contributed by atoms with Crippen LogP contribution in [0.3, 0.4) is 0 Å². The fourth-order valence-corrected chi connectivity index (χ4v) is 4.28. The number of hydrogen-bond acceptors (Lipinski definition) is 5. The van der Waals surface area contributed by atoms with Gasteiger partial charge in [-0.15, -0.1) is 0 Å². The van der Waals surface area contributed by atoms with E-state index in [-0.39, 0.29) is 5.91 Å².